The zero-order valence-electron chi connectivity index (χ0n) is 6.96. The Morgan fingerprint density at radius 2 is 2.10 bits per heavy atom. The predicted molar refractivity (Wildman–Crippen MR) is 40.7 cm³/mol. The average molecular weight is 144 g/mol. The Morgan fingerprint density at radius 3 is 2.40 bits per heavy atom. The Labute approximate surface area is 62.6 Å². The third kappa shape index (κ3) is 4.36. The highest BCUT2D eigenvalue weighted by atomic mass is 16.5. The van der Waals surface area contributed by atoms with Crippen LogP contribution in [0.1, 0.15) is 33.6 Å². The highest BCUT2D eigenvalue weighted by Crippen LogP contribution is 2.09. The molecule has 2 heteroatoms. The molecule has 1 atom stereocenters. The third-order valence-corrected chi connectivity index (χ3v) is 1.44. The zero-order valence-corrected chi connectivity index (χ0v) is 6.96. The molecule has 0 saturated heterocycles. The van der Waals surface area contributed by atoms with Crippen LogP contribution in [-0.2, 0) is 9.53 Å². The predicted octanol–water partition coefficient (Wildman–Crippen LogP) is 1.98. The van der Waals surface area contributed by atoms with Gasteiger partial charge in [0.25, 0.3) is 6.47 Å². The SMILES string of the molecule is CCC(CC(C)C)OC=O. The summed E-state index contributed by atoms with van der Waals surface area (Å²) >= 11 is 0. The molecule has 0 bridgehead atoms. The van der Waals surface area contributed by atoms with Gasteiger partial charge in [-0.1, -0.05) is 20.8 Å². The molecule has 0 aromatic heterocycles. The minimum absolute atomic E-state index is 0.123. The second-order valence-corrected chi connectivity index (χ2v) is 2.89. The van der Waals surface area contributed by atoms with Crippen LogP contribution in [0.25, 0.3) is 0 Å². The molecular weight excluding hydrogens is 128 g/mol. The van der Waals surface area contributed by atoms with E-state index in [2.05, 4.69) is 13.8 Å². The van der Waals surface area contributed by atoms with Crippen LogP contribution in [0.15, 0.2) is 0 Å². The summed E-state index contributed by atoms with van der Waals surface area (Å²) < 4.78 is 4.82. The van der Waals surface area contributed by atoms with Gasteiger partial charge in [0, 0.05) is 0 Å². The van der Waals surface area contributed by atoms with E-state index in [9.17, 15) is 4.79 Å². The molecular formula is C8H16O2. The van der Waals surface area contributed by atoms with Crippen LogP contribution >= 0.6 is 0 Å². The molecule has 0 aromatic rings. The van der Waals surface area contributed by atoms with Crippen molar-refractivity contribution in [2.45, 2.75) is 39.7 Å². The highest BCUT2D eigenvalue weighted by Gasteiger charge is 2.07. The van der Waals surface area contributed by atoms with Crippen molar-refractivity contribution in [2.75, 3.05) is 0 Å². The summed E-state index contributed by atoms with van der Waals surface area (Å²) in [5.74, 6) is 0.602. The number of ether oxygens (including phenoxy) is 1. The second kappa shape index (κ2) is 5.27. The van der Waals surface area contributed by atoms with Crippen molar-refractivity contribution in [1.29, 1.82) is 0 Å². The quantitative estimate of drug-likeness (QED) is 0.551. The Morgan fingerprint density at radius 1 is 1.50 bits per heavy atom. The molecule has 10 heavy (non-hydrogen) atoms. The summed E-state index contributed by atoms with van der Waals surface area (Å²) in [5, 5.41) is 0. The molecule has 0 heterocycles. The van der Waals surface area contributed by atoms with Gasteiger partial charge < -0.3 is 4.74 Å². The number of rotatable bonds is 5. The lowest BCUT2D eigenvalue weighted by Gasteiger charge is -2.14. The number of hydrogen-bond acceptors (Lipinski definition) is 2. The summed E-state index contributed by atoms with van der Waals surface area (Å²) in [5.41, 5.74) is 0. The van der Waals surface area contributed by atoms with Crippen LogP contribution in [0.2, 0.25) is 0 Å². The Balaban J connectivity index is 3.48. The van der Waals surface area contributed by atoms with Gasteiger partial charge in [0.1, 0.15) is 6.10 Å². The first-order valence-electron chi connectivity index (χ1n) is 3.79. The van der Waals surface area contributed by atoms with Crippen molar-refractivity contribution in [1.82, 2.24) is 0 Å². The smallest absolute Gasteiger partial charge is 0.293 e. The van der Waals surface area contributed by atoms with E-state index in [1.165, 1.54) is 0 Å². The Kier molecular flexibility index (Phi) is 4.99. The summed E-state index contributed by atoms with van der Waals surface area (Å²) in [7, 11) is 0. The van der Waals surface area contributed by atoms with E-state index in [0.29, 0.717) is 12.4 Å². The molecule has 0 radical (unpaired) electrons. The van der Waals surface area contributed by atoms with Crippen molar-refractivity contribution in [3.05, 3.63) is 0 Å². The van der Waals surface area contributed by atoms with Crippen molar-refractivity contribution < 1.29 is 9.53 Å². The molecule has 0 spiro atoms. The van der Waals surface area contributed by atoms with Crippen LogP contribution in [0, 0.1) is 5.92 Å². The van der Waals surface area contributed by atoms with Gasteiger partial charge in [0.05, 0.1) is 0 Å². The fourth-order valence-corrected chi connectivity index (χ4v) is 0.923. The van der Waals surface area contributed by atoms with Crippen LogP contribution in [0.5, 0.6) is 0 Å². The normalized spacial score (nSPS) is 13.2. The largest absolute Gasteiger partial charge is 0.465 e. The van der Waals surface area contributed by atoms with Gasteiger partial charge in [-0.3, -0.25) is 4.79 Å². The maximum absolute atomic E-state index is 9.93. The summed E-state index contributed by atoms with van der Waals surface area (Å²) in [6.07, 6.45) is 2.00. The minimum atomic E-state index is 0.123. The first kappa shape index (κ1) is 9.47. The number of hydrogen-bond donors (Lipinski definition) is 0. The molecule has 2 nitrogen and oxygen atoms in total. The number of carbonyl (C=O) groups is 1. The Bertz CT molecular complexity index is 89.3. The maximum Gasteiger partial charge on any atom is 0.293 e. The molecule has 0 aromatic carbocycles. The Hall–Kier alpha value is -0.530. The van der Waals surface area contributed by atoms with E-state index in [1.807, 2.05) is 6.92 Å². The molecule has 0 saturated carbocycles. The van der Waals surface area contributed by atoms with Crippen LogP contribution in [0.3, 0.4) is 0 Å². The van der Waals surface area contributed by atoms with E-state index < -0.39 is 0 Å². The van der Waals surface area contributed by atoms with Gasteiger partial charge in [-0.2, -0.15) is 0 Å². The number of carbonyl (C=O) groups excluding carboxylic acids is 1. The van der Waals surface area contributed by atoms with E-state index in [0.717, 1.165) is 12.8 Å². The van der Waals surface area contributed by atoms with Crippen LogP contribution in [0.4, 0.5) is 0 Å². The van der Waals surface area contributed by atoms with Crippen molar-refractivity contribution in [3.8, 4) is 0 Å². The molecule has 0 amide bonds. The summed E-state index contributed by atoms with van der Waals surface area (Å²) in [6, 6.07) is 0. The van der Waals surface area contributed by atoms with E-state index >= 15 is 0 Å². The van der Waals surface area contributed by atoms with Gasteiger partial charge in [0.2, 0.25) is 0 Å². The van der Waals surface area contributed by atoms with Crippen LogP contribution < -0.4 is 0 Å². The van der Waals surface area contributed by atoms with Crippen molar-refractivity contribution in [2.24, 2.45) is 5.92 Å². The molecule has 1 unspecified atom stereocenters. The van der Waals surface area contributed by atoms with E-state index in [1.54, 1.807) is 0 Å². The fourth-order valence-electron chi connectivity index (χ4n) is 0.923. The van der Waals surface area contributed by atoms with E-state index in [-0.39, 0.29) is 6.10 Å². The molecule has 0 rings (SSSR count). The highest BCUT2D eigenvalue weighted by molar-refractivity contribution is 5.37. The van der Waals surface area contributed by atoms with Gasteiger partial charge in [0.15, 0.2) is 0 Å². The molecule has 0 fully saturated rings. The average Bonchev–Trinajstić information content (AvgIpc) is 1.86. The summed E-state index contributed by atoms with van der Waals surface area (Å²) in [4.78, 5) is 9.93. The lowest BCUT2D eigenvalue weighted by atomic mass is 10.0. The molecule has 0 aliphatic rings. The molecule has 0 aliphatic heterocycles. The first-order chi connectivity index (χ1) is 4.70. The van der Waals surface area contributed by atoms with Crippen molar-refractivity contribution >= 4 is 6.47 Å². The lowest BCUT2D eigenvalue weighted by molar-refractivity contribution is -0.134. The second-order valence-electron chi connectivity index (χ2n) is 2.89. The van der Waals surface area contributed by atoms with Gasteiger partial charge in [-0.05, 0) is 18.8 Å². The fraction of sp³-hybridized carbons (Fsp3) is 0.875. The molecule has 0 N–H and O–H groups in total. The molecule has 0 aliphatic carbocycles. The van der Waals surface area contributed by atoms with Gasteiger partial charge in [-0.15, -0.1) is 0 Å². The zero-order chi connectivity index (χ0) is 7.98. The van der Waals surface area contributed by atoms with Crippen LogP contribution in [-0.4, -0.2) is 12.6 Å². The maximum atomic E-state index is 9.93. The van der Waals surface area contributed by atoms with Crippen molar-refractivity contribution in [3.63, 3.8) is 0 Å². The standard InChI is InChI=1S/C8H16O2/c1-4-8(10-6-9)5-7(2)3/h6-8H,4-5H2,1-3H3. The van der Waals surface area contributed by atoms with Gasteiger partial charge >= 0.3 is 0 Å². The monoisotopic (exact) mass is 144 g/mol. The topological polar surface area (TPSA) is 26.3 Å². The summed E-state index contributed by atoms with van der Waals surface area (Å²) in [6.45, 7) is 6.81. The minimum Gasteiger partial charge on any atom is -0.465 e. The van der Waals surface area contributed by atoms with E-state index in [4.69, 9.17) is 4.74 Å². The third-order valence-electron chi connectivity index (χ3n) is 1.44. The lowest BCUT2D eigenvalue weighted by Crippen LogP contribution is -2.13. The van der Waals surface area contributed by atoms with Gasteiger partial charge in [-0.25, -0.2) is 0 Å². The molecule has 60 valence electrons. The first-order valence-corrected chi connectivity index (χ1v) is 3.79.